The van der Waals surface area contributed by atoms with Crippen LogP contribution < -0.4 is 14.2 Å². The topological polar surface area (TPSA) is 60.4 Å². The Bertz CT molecular complexity index is 880. The van der Waals surface area contributed by atoms with Gasteiger partial charge in [-0.2, -0.15) is 0 Å². The molecule has 0 bridgehead atoms. The van der Waals surface area contributed by atoms with E-state index in [0.717, 1.165) is 47.6 Å². The van der Waals surface area contributed by atoms with Crippen molar-refractivity contribution < 1.29 is 24.1 Å². The molecule has 6 nitrogen and oxygen atoms in total. The van der Waals surface area contributed by atoms with E-state index in [1.807, 2.05) is 12.1 Å². The van der Waals surface area contributed by atoms with E-state index in [-0.39, 0.29) is 12.5 Å². The molecule has 0 unspecified atom stereocenters. The molecule has 0 radical (unpaired) electrons. The zero-order valence-corrected chi connectivity index (χ0v) is 16.2. The number of phenolic OH excluding ortho intramolecular Hbond substituents is 1. The molecule has 1 N–H and O–H groups in total. The minimum absolute atomic E-state index is 0.188. The number of benzene rings is 2. The highest BCUT2D eigenvalue weighted by atomic mass is 16.7. The van der Waals surface area contributed by atoms with Gasteiger partial charge in [0.1, 0.15) is 0 Å². The summed E-state index contributed by atoms with van der Waals surface area (Å²) in [7, 11) is 6.99. The molecular formula is C21H25NO5. The molecule has 0 amide bonds. The standard InChI is InChI=1S/C19H19NO4.C2H6O/c1-20-6-5-11-8-14-19(24-9-23-14)17-15(11)12(20)7-10-3-4-13(22-2)18(21)16(10)17;1-3-2/h3-4,8,12,21H,5-7,9H2,1-2H3;1-2H3/t12-;/m0./s1. The number of hydrogen-bond donors (Lipinski definition) is 1. The van der Waals surface area contributed by atoms with Crippen LogP contribution in [0.2, 0.25) is 0 Å². The Hall–Kier alpha value is -2.44. The lowest BCUT2D eigenvalue weighted by Gasteiger charge is -2.40. The minimum atomic E-state index is 0.188. The Balaban J connectivity index is 0.000000565. The van der Waals surface area contributed by atoms with E-state index in [1.165, 1.54) is 11.1 Å². The van der Waals surface area contributed by atoms with Crippen LogP contribution >= 0.6 is 0 Å². The molecule has 2 aromatic carbocycles. The van der Waals surface area contributed by atoms with Crippen LogP contribution in [0.25, 0.3) is 11.1 Å². The molecule has 5 rings (SSSR count). The van der Waals surface area contributed by atoms with Crippen LogP contribution in [0.15, 0.2) is 18.2 Å². The molecule has 0 saturated carbocycles. The monoisotopic (exact) mass is 371 g/mol. The van der Waals surface area contributed by atoms with E-state index >= 15 is 0 Å². The maximum Gasteiger partial charge on any atom is 0.231 e. The average molecular weight is 371 g/mol. The van der Waals surface area contributed by atoms with E-state index in [9.17, 15) is 5.11 Å². The van der Waals surface area contributed by atoms with Gasteiger partial charge in [0.25, 0.3) is 0 Å². The van der Waals surface area contributed by atoms with Gasteiger partial charge in [-0.1, -0.05) is 6.07 Å². The molecule has 1 aliphatic carbocycles. The summed E-state index contributed by atoms with van der Waals surface area (Å²) in [5, 5.41) is 10.8. The van der Waals surface area contributed by atoms with Crippen LogP contribution in [0, 0.1) is 0 Å². The van der Waals surface area contributed by atoms with Gasteiger partial charge >= 0.3 is 0 Å². The maximum atomic E-state index is 10.8. The van der Waals surface area contributed by atoms with Gasteiger partial charge in [-0.05, 0) is 48.7 Å². The van der Waals surface area contributed by atoms with E-state index in [1.54, 1.807) is 21.3 Å². The number of nitrogens with zero attached hydrogens (tertiary/aromatic N) is 1. The lowest BCUT2D eigenvalue weighted by atomic mass is 9.76. The van der Waals surface area contributed by atoms with Crippen LogP contribution in [0.5, 0.6) is 23.0 Å². The van der Waals surface area contributed by atoms with Gasteiger partial charge in [0.05, 0.1) is 7.11 Å². The van der Waals surface area contributed by atoms with E-state index in [0.29, 0.717) is 11.8 Å². The first-order valence-electron chi connectivity index (χ1n) is 9.05. The predicted molar refractivity (Wildman–Crippen MR) is 102 cm³/mol. The van der Waals surface area contributed by atoms with Gasteiger partial charge < -0.3 is 24.1 Å². The van der Waals surface area contributed by atoms with Crippen molar-refractivity contribution in [3.63, 3.8) is 0 Å². The largest absolute Gasteiger partial charge is 0.504 e. The third kappa shape index (κ3) is 2.71. The van der Waals surface area contributed by atoms with Crippen molar-refractivity contribution in [2.75, 3.05) is 41.7 Å². The molecule has 0 saturated heterocycles. The van der Waals surface area contributed by atoms with Gasteiger partial charge in [-0.15, -0.1) is 0 Å². The summed E-state index contributed by atoms with van der Waals surface area (Å²) in [6, 6.07) is 6.31. The molecule has 1 atom stereocenters. The van der Waals surface area contributed by atoms with Crippen molar-refractivity contribution in [1.29, 1.82) is 0 Å². The second-order valence-corrected chi connectivity index (χ2v) is 7.07. The highest BCUT2D eigenvalue weighted by Crippen LogP contribution is 2.56. The Morgan fingerprint density at radius 3 is 2.63 bits per heavy atom. The molecule has 0 aromatic heterocycles. The first kappa shape index (κ1) is 17.9. The van der Waals surface area contributed by atoms with Crippen molar-refractivity contribution in [1.82, 2.24) is 4.90 Å². The summed E-state index contributed by atoms with van der Waals surface area (Å²) in [6.45, 7) is 1.25. The number of hydrogen-bond acceptors (Lipinski definition) is 6. The number of ether oxygens (including phenoxy) is 4. The minimum Gasteiger partial charge on any atom is -0.504 e. The third-order valence-electron chi connectivity index (χ3n) is 5.50. The maximum absolute atomic E-state index is 10.8. The number of rotatable bonds is 1. The molecule has 144 valence electrons. The van der Waals surface area contributed by atoms with Crippen molar-refractivity contribution in [2.24, 2.45) is 0 Å². The molecule has 3 aliphatic rings. The highest BCUT2D eigenvalue weighted by Gasteiger charge is 2.39. The fourth-order valence-corrected chi connectivity index (χ4v) is 4.31. The number of likely N-dealkylation sites (N-methyl/N-ethyl adjacent to an activating group) is 1. The summed E-state index contributed by atoms with van der Waals surface area (Å²) in [6.07, 6.45) is 1.86. The molecule has 0 spiro atoms. The summed E-state index contributed by atoms with van der Waals surface area (Å²) in [5.41, 5.74) is 5.50. The third-order valence-corrected chi connectivity index (χ3v) is 5.50. The van der Waals surface area contributed by atoms with Crippen LogP contribution in [-0.2, 0) is 17.6 Å². The second-order valence-electron chi connectivity index (χ2n) is 7.07. The Kier molecular flexibility index (Phi) is 4.61. The SMILES string of the molecule is COC.COc1ccc2c(c1O)-c1c3c(cc4c1[C@H](C2)N(C)CC4)OCO3. The molecular weight excluding hydrogens is 346 g/mol. The van der Waals surface area contributed by atoms with Crippen LogP contribution in [-0.4, -0.2) is 51.7 Å². The predicted octanol–water partition coefficient (Wildman–Crippen LogP) is 3.14. The Labute approximate surface area is 159 Å². The van der Waals surface area contributed by atoms with E-state index in [4.69, 9.17) is 14.2 Å². The van der Waals surface area contributed by atoms with Gasteiger partial charge in [0.15, 0.2) is 23.0 Å². The quantitative estimate of drug-likeness (QED) is 0.831. The van der Waals surface area contributed by atoms with Gasteiger partial charge in [0, 0.05) is 37.9 Å². The fourth-order valence-electron chi connectivity index (χ4n) is 4.31. The lowest BCUT2D eigenvalue weighted by Crippen LogP contribution is -2.35. The second kappa shape index (κ2) is 6.94. The van der Waals surface area contributed by atoms with Crippen LogP contribution in [0.3, 0.4) is 0 Å². The van der Waals surface area contributed by atoms with E-state index in [2.05, 4.69) is 22.8 Å². The summed E-state index contributed by atoms with van der Waals surface area (Å²) in [5.74, 6) is 2.20. The first-order valence-corrected chi connectivity index (χ1v) is 9.05. The molecule has 27 heavy (non-hydrogen) atoms. The van der Waals surface area contributed by atoms with Crippen molar-refractivity contribution in [2.45, 2.75) is 18.9 Å². The number of phenols is 1. The van der Waals surface area contributed by atoms with Crippen molar-refractivity contribution >= 4 is 0 Å². The van der Waals surface area contributed by atoms with Crippen LogP contribution in [0.1, 0.15) is 22.7 Å². The smallest absolute Gasteiger partial charge is 0.231 e. The number of aromatic hydroxyl groups is 1. The Morgan fingerprint density at radius 1 is 1.11 bits per heavy atom. The molecule has 2 heterocycles. The fraction of sp³-hybridized carbons (Fsp3) is 0.429. The zero-order valence-electron chi connectivity index (χ0n) is 16.2. The van der Waals surface area contributed by atoms with Crippen LogP contribution in [0.4, 0.5) is 0 Å². The van der Waals surface area contributed by atoms with Crippen molar-refractivity contribution in [3.05, 3.63) is 34.9 Å². The average Bonchev–Trinajstić information content (AvgIpc) is 3.13. The molecule has 6 heteroatoms. The summed E-state index contributed by atoms with van der Waals surface area (Å²) >= 11 is 0. The van der Waals surface area contributed by atoms with Gasteiger partial charge in [-0.3, -0.25) is 4.90 Å². The Morgan fingerprint density at radius 2 is 1.89 bits per heavy atom. The molecule has 2 aromatic rings. The van der Waals surface area contributed by atoms with Crippen molar-refractivity contribution in [3.8, 4) is 34.1 Å². The normalized spacial score (nSPS) is 18.9. The summed E-state index contributed by atoms with van der Waals surface area (Å²) in [4.78, 5) is 2.39. The number of fused-ring (bicyclic) bond motifs is 4. The van der Waals surface area contributed by atoms with E-state index < -0.39 is 0 Å². The molecule has 2 aliphatic heterocycles. The summed E-state index contributed by atoms with van der Waals surface area (Å²) < 4.78 is 21.0. The molecule has 0 fully saturated rings. The zero-order chi connectivity index (χ0) is 19.1. The number of methoxy groups -OCH3 is 2. The first-order chi connectivity index (χ1) is 13.1. The lowest BCUT2D eigenvalue weighted by molar-refractivity contribution is 0.174. The van der Waals surface area contributed by atoms with Gasteiger partial charge in [-0.25, -0.2) is 0 Å². The highest BCUT2D eigenvalue weighted by molar-refractivity contribution is 5.88. The van der Waals surface area contributed by atoms with Gasteiger partial charge in [0.2, 0.25) is 6.79 Å².